The number of rotatable bonds is 7. The summed E-state index contributed by atoms with van der Waals surface area (Å²) in [4.78, 5) is 11.0. The van der Waals surface area contributed by atoms with Crippen LogP contribution in [-0.2, 0) is 9.53 Å². The van der Waals surface area contributed by atoms with E-state index in [2.05, 4.69) is 6.92 Å². The Labute approximate surface area is 80.1 Å². The molecule has 0 unspecified atom stereocenters. The van der Waals surface area contributed by atoms with Gasteiger partial charge in [-0.15, -0.1) is 0 Å². The van der Waals surface area contributed by atoms with E-state index in [-0.39, 0.29) is 12.1 Å². The van der Waals surface area contributed by atoms with Crippen molar-refractivity contribution >= 4 is 5.97 Å². The lowest BCUT2D eigenvalue weighted by Gasteiger charge is -2.07. The first-order chi connectivity index (χ1) is 6.20. The Bertz CT molecular complexity index is 134. The Morgan fingerprint density at radius 1 is 1.46 bits per heavy atom. The SMILES string of the molecule is CCCCOC(=O)CC[C@@H](O)CC. The van der Waals surface area contributed by atoms with Crippen LogP contribution < -0.4 is 0 Å². The van der Waals surface area contributed by atoms with Crippen LogP contribution in [0.5, 0.6) is 0 Å². The molecule has 0 aliphatic heterocycles. The second-order valence-corrected chi connectivity index (χ2v) is 3.17. The van der Waals surface area contributed by atoms with Gasteiger partial charge in [0, 0.05) is 6.42 Å². The third-order valence-electron chi connectivity index (χ3n) is 1.91. The lowest BCUT2D eigenvalue weighted by molar-refractivity contribution is -0.144. The summed E-state index contributed by atoms with van der Waals surface area (Å²) in [5.41, 5.74) is 0. The molecular weight excluding hydrogens is 168 g/mol. The molecule has 0 radical (unpaired) electrons. The number of aliphatic hydroxyl groups excluding tert-OH is 1. The van der Waals surface area contributed by atoms with Gasteiger partial charge in [-0.3, -0.25) is 4.79 Å². The van der Waals surface area contributed by atoms with Crippen LogP contribution in [0.2, 0.25) is 0 Å². The van der Waals surface area contributed by atoms with Crippen molar-refractivity contribution in [2.24, 2.45) is 0 Å². The van der Waals surface area contributed by atoms with Gasteiger partial charge in [0.1, 0.15) is 0 Å². The van der Waals surface area contributed by atoms with Crippen LogP contribution in [0.15, 0.2) is 0 Å². The van der Waals surface area contributed by atoms with Gasteiger partial charge in [0.15, 0.2) is 0 Å². The zero-order valence-electron chi connectivity index (χ0n) is 8.58. The van der Waals surface area contributed by atoms with E-state index in [0.717, 1.165) is 12.8 Å². The lowest BCUT2D eigenvalue weighted by atomic mass is 10.1. The highest BCUT2D eigenvalue weighted by Crippen LogP contribution is 2.02. The quantitative estimate of drug-likeness (QED) is 0.490. The summed E-state index contributed by atoms with van der Waals surface area (Å²) in [7, 11) is 0. The maximum absolute atomic E-state index is 11.0. The van der Waals surface area contributed by atoms with Gasteiger partial charge in [-0.2, -0.15) is 0 Å². The van der Waals surface area contributed by atoms with Crippen molar-refractivity contribution in [2.75, 3.05) is 6.61 Å². The highest BCUT2D eigenvalue weighted by atomic mass is 16.5. The smallest absolute Gasteiger partial charge is 0.305 e. The fraction of sp³-hybridized carbons (Fsp3) is 0.900. The second kappa shape index (κ2) is 8.05. The molecule has 1 N–H and O–H groups in total. The van der Waals surface area contributed by atoms with Crippen molar-refractivity contribution in [2.45, 2.75) is 52.1 Å². The van der Waals surface area contributed by atoms with Crippen molar-refractivity contribution in [1.29, 1.82) is 0 Å². The van der Waals surface area contributed by atoms with E-state index in [4.69, 9.17) is 4.74 Å². The van der Waals surface area contributed by atoms with E-state index in [1.165, 1.54) is 0 Å². The molecule has 0 aliphatic carbocycles. The summed E-state index contributed by atoms with van der Waals surface area (Å²) in [5, 5.41) is 9.17. The largest absolute Gasteiger partial charge is 0.466 e. The van der Waals surface area contributed by atoms with Gasteiger partial charge in [0.2, 0.25) is 0 Å². The molecule has 0 bridgehead atoms. The van der Waals surface area contributed by atoms with E-state index < -0.39 is 0 Å². The maximum Gasteiger partial charge on any atom is 0.305 e. The highest BCUT2D eigenvalue weighted by molar-refractivity contribution is 5.69. The van der Waals surface area contributed by atoms with E-state index in [9.17, 15) is 9.90 Å². The number of hydrogen-bond donors (Lipinski definition) is 1. The molecule has 0 aromatic heterocycles. The summed E-state index contributed by atoms with van der Waals surface area (Å²) < 4.78 is 4.93. The maximum atomic E-state index is 11.0. The van der Waals surface area contributed by atoms with Crippen molar-refractivity contribution in [3.05, 3.63) is 0 Å². The number of carbonyl (C=O) groups excluding carboxylic acids is 1. The number of esters is 1. The third-order valence-corrected chi connectivity index (χ3v) is 1.91. The monoisotopic (exact) mass is 188 g/mol. The summed E-state index contributed by atoms with van der Waals surface area (Å²) in [6.45, 7) is 4.46. The average Bonchev–Trinajstić information content (AvgIpc) is 2.14. The number of hydrogen-bond acceptors (Lipinski definition) is 3. The Balaban J connectivity index is 3.30. The van der Waals surface area contributed by atoms with E-state index >= 15 is 0 Å². The predicted octanol–water partition coefficient (Wildman–Crippen LogP) is 1.88. The summed E-state index contributed by atoms with van der Waals surface area (Å²) >= 11 is 0. The van der Waals surface area contributed by atoms with Crippen molar-refractivity contribution in [3.63, 3.8) is 0 Å². The minimum absolute atomic E-state index is 0.194. The fourth-order valence-electron chi connectivity index (χ4n) is 0.891. The van der Waals surface area contributed by atoms with Crippen molar-refractivity contribution in [1.82, 2.24) is 0 Å². The first kappa shape index (κ1) is 12.4. The molecule has 0 spiro atoms. The molecule has 0 aromatic carbocycles. The van der Waals surface area contributed by atoms with Gasteiger partial charge in [0.25, 0.3) is 0 Å². The summed E-state index contributed by atoms with van der Waals surface area (Å²) in [6.07, 6.45) is 3.13. The zero-order chi connectivity index (χ0) is 10.1. The highest BCUT2D eigenvalue weighted by Gasteiger charge is 2.06. The Hall–Kier alpha value is -0.570. The fourth-order valence-corrected chi connectivity index (χ4v) is 0.891. The molecule has 0 heterocycles. The topological polar surface area (TPSA) is 46.5 Å². The van der Waals surface area contributed by atoms with Crippen molar-refractivity contribution in [3.8, 4) is 0 Å². The standard InChI is InChI=1S/C10H20O3/c1-3-5-8-13-10(12)7-6-9(11)4-2/h9,11H,3-8H2,1-2H3/t9-/m0/s1. The number of carbonyl (C=O) groups is 1. The molecule has 1 atom stereocenters. The van der Waals surface area contributed by atoms with Crippen LogP contribution in [0, 0.1) is 0 Å². The molecule has 3 heteroatoms. The Morgan fingerprint density at radius 3 is 2.69 bits per heavy atom. The predicted molar refractivity (Wildman–Crippen MR) is 51.4 cm³/mol. The minimum atomic E-state index is -0.362. The first-order valence-electron chi connectivity index (χ1n) is 5.04. The number of ether oxygens (including phenoxy) is 1. The zero-order valence-corrected chi connectivity index (χ0v) is 8.58. The first-order valence-corrected chi connectivity index (χ1v) is 5.04. The molecule has 0 amide bonds. The molecule has 0 fully saturated rings. The van der Waals surface area contributed by atoms with E-state index in [1.807, 2.05) is 6.92 Å². The van der Waals surface area contributed by atoms with Gasteiger partial charge in [0.05, 0.1) is 12.7 Å². The van der Waals surface area contributed by atoms with Crippen LogP contribution in [0.25, 0.3) is 0 Å². The van der Waals surface area contributed by atoms with Gasteiger partial charge >= 0.3 is 5.97 Å². The molecule has 78 valence electrons. The van der Waals surface area contributed by atoms with Gasteiger partial charge in [-0.25, -0.2) is 0 Å². The molecule has 13 heavy (non-hydrogen) atoms. The molecule has 3 nitrogen and oxygen atoms in total. The van der Waals surface area contributed by atoms with Crippen LogP contribution in [0.1, 0.15) is 46.0 Å². The average molecular weight is 188 g/mol. The molecule has 0 aromatic rings. The Morgan fingerprint density at radius 2 is 2.15 bits per heavy atom. The minimum Gasteiger partial charge on any atom is -0.466 e. The van der Waals surface area contributed by atoms with Gasteiger partial charge in [-0.1, -0.05) is 20.3 Å². The third kappa shape index (κ3) is 7.78. The second-order valence-electron chi connectivity index (χ2n) is 3.17. The molecule has 0 aliphatic rings. The molecule has 0 saturated heterocycles. The Kier molecular flexibility index (Phi) is 7.69. The normalized spacial score (nSPS) is 12.5. The van der Waals surface area contributed by atoms with Crippen LogP contribution in [0.4, 0.5) is 0 Å². The van der Waals surface area contributed by atoms with Gasteiger partial charge in [-0.05, 0) is 19.3 Å². The van der Waals surface area contributed by atoms with Crippen LogP contribution in [0.3, 0.4) is 0 Å². The van der Waals surface area contributed by atoms with Crippen molar-refractivity contribution < 1.29 is 14.6 Å². The molecule has 0 saturated carbocycles. The van der Waals surface area contributed by atoms with E-state index in [1.54, 1.807) is 0 Å². The molecule has 0 rings (SSSR count). The summed E-state index contributed by atoms with van der Waals surface area (Å²) in [6, 6.07) is 0. The molecular formula is C10H20O3. The van der Waals surface area contributed by atoms with Crippen LogP contribution in [-0.4, -0.2) is 23.8 Å². The van der Waals surface area contributed by atoms with Crippen LogP contribution >= 0.6 is 0 Å². The van der Waals surface area contributed by atoms with Gasteiger partial charge < -0.3 is 9.84 Å². The summed E-state index contributed by atoms with van der Waals surface area (Å²) in [5.74, 6) is -0.194. The number of aliphatic hydroxyl groups is 1. The number of unbranched alkanes of at least 4 members (excludes halogenated alkanes) is 1. The van der Waals surface area contributed by atoms with E-state index in [0.29, 0.717) is 25.9 Å². The lowest BCUT2D eigenvalue weighted by Crippen LogP contribution is -2.11.